The van der Waals surface area contributed by atoms with Crippen molar-refractivity contribution in [2.45, 2.75) is 32.1 Å². The number of halogens is 2. The summed E-state index contributed by atoms with van der Waals surface area (Å²) in [5.41, 5.74) is -0.476. The van der Waals surface area contributed by atoms with Crippen molar-refractivity contribution in [3.63, 3.8) is 0 Å². The average molecular weight is 513 g/mol. The number of aromatic amines is 1. The molecule has 196 valence electrons. The number of methoxy groups -OCH3 is 2. The molecule has 1 aromatic heterocycles. The molecule has 2 N–H and O–H groups in total. The number of hydrogen-bond donors (Lipinski definition) is 2. The van der Waals surface area contributed by atoms with Gasteiger partial charge in [0.05, 0.1) is 25.3 Å². The summed E-state index contributed by atoms with van der Waals surface area (Å²) >= 11 is 0. The molecule has 3 rings (SSSR count). The first-order valence-electron chi connectivity index (χ1n) is 11.7. The highest BCUT2D eigenvalue weighted by Gasteiger charge is 2.39. The number of ether oxygens (including phenoxy) is 3. The fraction of sp³-hybridized carbons (Fsp3) is 0.286. The zero-order chi connectivity index (χ0) is 27.2. The number of aromatic nitrogens is 1. The van der Waals surface area contributed by atoms with Crippen LogP contribution in [0.5, 0.6) is 17.2 Å². The normalized spacial score (nSPS) is 11.8. The van der Waals surface area contributed by atoms with Gasteiger partial charge >= 0.3 is 5.92 Å². The van der Waals surface area contributed by atoms with Crippen LogP contribution in [0.4, 0.5) is 8.78 Å². The van der Waals surface area contributed by atoms with Crippen LogP contribution in [0.3, 0.4) is 0 Å². The van der Waals surface area contributed by atoms with Gasteiger partial charge in [-0.3, -0.25) is 9.79 Å². The van der Waals surface area contributed by atoms with Crippen LogP contribution >= 0.6 is 0 Å². The maximum Gasteiger partial charge on any atom is 0.329 e. The fourth-order valence-electron chi connectivity index (χ4n) is 3.94. The van der Waals surface area contributed by atoms with Crippen LogP contribution in [0, 0.1) is 0 Å². The van der Waals surface area contributed by atoms with E-state index in [-0.39, 0.29) is 11.1 Å². The second kappa shape index (κ2) is 11.7. The number of H-pyrrole nitrogens is 1. The lowest BCUT2D eigenvalue weighted by atomic mass is 9.95. The monoisotopic (exact) mass is 512 g/mol. The molecule has 0 saturated carbocycles. The third-order valence-corrected chi connectivity index (χ3v) is 5.85. The Kier molecular flexibility index (Phi) is 8.70. The summed E-state index contributed by atoms with van der Waals surface area (Å²) in [6.45, 7) is 5.37. The first-order chi connectivity index (χ1) is 17.7. The number of benzene rings is 2. The fourth-order valence-corrected chi connectivity index (χ4v) is 3.94. The van der Waals surface area contributed by atoms with E-state index in [0.717, 1.165) is 6.42 Å². The smallest absolute Gasteiger partial charge is 0.329 e. The molecule has 37 heavy (non-hydrogen) atoms. The van der Waals surface area contributed by atoms with E-state index in [9.17, 15) is 9.90 Å². The van der Waals surface area contributed by atoms with Crippen molar-refractivity contribution in [3.05, 3.63) is 88.0 Å². The third kappa shape index (κ3) is 5.50. The van der Waals surface area contributed by atoms with Gasteiger partial charge < -0.3 is 24.3 Å². The summed E-state index contributed by atoms with van der Waals surface area (Å²) in [6, 6.07) is 12.1. The molecule has 0 fully saturated rings. The molecule has 0 unspecified atom stereocenters. The minimum Gasteiger partial charge on any atom is -0.506 e. The molecule has 0 aliphatic heterocycles. The van der Waals surface area contributed by atoms with E-state index in [2.05, 4.69) is 16.6 Å². The quantitative estimate of drug-likeness (QED) is 0.203. The summed E-state index contributed by atoms with van der Waals surface area (Å²) in [4.78, 5) is 19.8. The maximum atomic E-state index is 15.0. The molecule has 7 nitrogen and oxygen atoms in total. The number of pyridine rings is 1. The third-order valence-electron chi connectivity index (χ3n) is 5.85. The van der Waals surface area contributed by atoms with Crippen LogP contribution in [0.25, 0.3) is 11.1 Å². The van der Waals surface area contributed by atoms with Gasteiger partial charge in [0.1, 0.15) is 22.8 Å². The number of unbranched alkanes of at least 4 members (excludes halogenated alkanes) is 1. The molecular weight excluding hydrogens is 482 g/mol. The van der Waals surface area contributed by atoms with Crippen LogP contribution < -0.4 is 15.0 Å². The number of aromatic hydroxyl groups is 1. The van der Waals surface area contributed by atoms with Crippen LogP contribution in [-0.4, -0.2) is 37.3 Å². The van der Waals surface area contributed by atoms with Gasteiger partial charge in [-0.15, -0.1) is 0 Å². The van der Waals surface area contributed by atoms with Gasteiger partial charge in [-0.05, 0) is 25.0 Å². The molecule has 0 spiro atoms. The van der Waals surface area contributed by atoms with Crippen molar-refractivity contribution < 1.29 is 28.1 Å². The van der Waals surface area contributed by atoms with Crippen LogP contribution in [0.2, 0.25) is 0 Å². The molecule has 0 atom stereocenters. The number of alkyl halides is 2. The molecule has 9 heteroatoms. The molecule has 0 aliphatic rings. The second-order valence-electron chi connectivity index (χ2n) is 8.17. The molecular formula is C28H30F2N2O5. The summed E-state index contributed by atoms with van der Waals surface area (Å²) in [7, 11) is 4.19. The molecule has 0 saturated heterocycles. The number of nitrogens with one attached hydrogen (secondary N) is 1. The Balaban J connectivity index is 2.20. The van der Waals surface area contributed by atoms with Gasteiger partial charge in [0.25, 0.3) is 5.56 Å². The van der Waals surface area contributed by atoms with Gasteiger partial charge in [0, 0.05) is 18.3 Å². The Morgan fingerprint density at radius 3 is 2.22 bits per heavy atom. The molecule has 1 heterocycles. The lowest BCUT2D eigenvalue weighted by molar-refractivity contribution is -0.000962. The maximum absolute atomic E-state index is 15.0. The second-order valence-corrected chi connectivity index (χ2v) is 8.17. The predicted octanol–water partition coefficient (Wildman–Crippen LogP) is 5.81. The number of hydrogen-bond acceptors (Lipinski definition) is 6. The van der Waals surface area contributed by atoms with Crippen molar-refractivity contribution in [2.75, 3.05) is 21.3 Å². The van der Waals surface area contributed by atoms with E-state index in [4.69, 9.17) is 14.2 Å². The molecule has 2 aromatic carbocycles. The Morgan fingerprint density at radius 2 is 1.68 bits per heavy atom. The molecule has 3 aromatic rings. The minimum atomic E-state index is -3.59. The van der Waals surface area contributed by atoms with E-state index in [0.29, 0.717) is 35.6 Å². The molecule has 0 aliphatic carbocycles. The van der Waals surface area contributed by atoms with Gasteiger partial charge in [-0.25, -0.2) is 0 Å². The van der Waals surface area contributed by atoms with Crippen LogP contribution in [0.1, 0.15) is 36.6 Å². The van der Waals surface area contributed by atoms with E-state index in [1.54, 1.807) is 24.3 Å². The van der Waals surface area contributed by atoms with Crippen molar-refractivity contribution in [1.82, 2.24) is 4.98 Å². The van der Waals surface area contributed by atoms with Gasteiger partial charge in [-0.2, -0.15) is 8.78 Å². The van der Waals surface area contributed by atoms with Gasteiger partial charge in [0.15, 0.2) is 5.76 Å². The SMILES string of the molecule is C=C(OC(=NC)c1c(O)c(-c2c(OC)cccc2OC)c(CCCC)[nH]c1=O)C(F)(F)c1ccccc1. The Bertz CT molecular complexity index is 1330. The first-order valence-corrected chi connectivity index (χ1v) is 11.7. The number of aliphatic imine (C=N–C) groups is 1. The summed E-state index contributed by atoms with van der Waals surface area (Å²) in [5.74, 6) is -4.81. The van der Waals surface area contributed by atoms with Crippen molar-refractivity contribution in [1.29, 1.82) is 0 Å². The lowest BCUT2D eigenvalue weighted by Gasteiger charge is -2.22. The van der Waals surface area contributed by atoms with Gasteiger partial charge in [0.2, 0.25) is 5.90 Å². The van der Waals surface area contributed by atoms with E-state index in [1.165, 1.54) is 45.5 Å². The molecule has 0 radical (unpaired) electrons. The highest BCUT2D eigenvalue weighted by atomic mass is 19.3. The molecule has 0 amide bonds. The Hall–Kier alpha value is -4.14. The standard InChI is InChI=1S/C28H30F2N2O5/c1-6-7-14-19-22(23-20(35-4)15-11-16-21(23)36-5)25(33)24(26(34)32-19)27(31-3)37-17(2)28(29,30)18-12-9-8-10-13-18/h8-13,15-16H,2,6-7,14H2,1,3-5H3,(H2,32,33,34). The highest BCUT2D eigenvalue weighted by molar-refractivity contribution is 6.00. The van der Waals surface area contributed by atoms with Crippen LogP contribution in [-0.2, 0) is 17.1 Å². The van der Waals surface area contributed by atoms with Crippen molar-refractivity contribution in [2.24, 2.45) is 4.99 Å². The summed E-state index contributed by atoms with van der Waals surface area (Å²) in [5, 5.41) is 11.5. The Labute approximate surface area is 214 Å². The molecule has 0 bridgehead atoms. The number of nitrogens with zero attached hydrogens (tertiary/aromatic N) is 1. The number of rotatable bonds is 10. The van der Waals surface area contributed by atoms with E-state index >= 15 is 8.78 Å². The first kappa shape index (κ1) is 27.4. The lowest BCUT2D eigenvalue weighted by Crippen LogP contribution is -2.26. The van der Waals surface area contributed by atoms with Gasteiger partial charge in [-0.1, -0.05) is 56.3 Å². The van der Waals surface area contributed by atoms with E-state index in [1.807, 2.05) is 6.92 Å². The summed E-state index contributed by atoms with van der Waals surface area (Å²) < 4.78 is 46.5. The van der Waals surface area contributed by atoms with Crippen molar-refractivity contribution >= 4 is 5.90 Å². The largest absolute Gasteiger partial charge is 0.506 e. The van der Waals surface area contributed by atoms with E-state index < -0.39 is 34.5 Å². The van der Waals surface area contributed by atoms with Crippen molar-refractivity contribution in [3.8, 4) is 28.4 Å². The average Bonchev–Trinajstić information content (AvgIpc) is 2.91. The minimum absolute atomic E-state index is 0.225. The van der Waals surface area contributed by atoms with Crippen LogP contribution in [0.15, 0.2) is 70.7 Å². The summed E-state index contributed by atoms with van der Waals surface area (Å²) in [6.07, 6.45) is 1.96. The number of allylic oxidation sites excluding steroid dienone is 1. The number of aryl methyl sites for hydroxylation is 1. The zero-order valence-electron chi connectivity index (χ0n) is 21.2. The Morgan fingerprint density at radius 1 is 1.05 bits per heavy atom. The topological polar surface area (TPSA) is 93.1 Å². The zero-order valence-corrected chi connectivity index (χ0v) is 21.2. The highest BCUT2D eigenvalue weighted by Crippen LogP contribution is 2.45. The predicted molar refractivity (Wildman–Crippen MR) is 139 cm³/mol.